The molecule has 0 saturated heterocycles. The molecule has 0 aromatic heterocycles. The fraction of sp³-hybridized carbons (Fsp3) is 1.00. The summed E-state index contributed by atoms with van der Waals surface area (Å²) in [5.41, 5.74) is 0. The van der Waals surface area contributed by atoms with Crippen molar-refractivity contribution in [2.24, 2.45) is 0 Å². The van der Waals surface area contributed by atoms with E-state index in [4.69, 9.17) is 4.55 Å². The predicted molar refractivity (Wildman–Crippen MR) is 58.0 cm³/mol. The van der Waals surface area contributed by atoms with Crippen molar-refractivity contribution < 1.29 is 13.0 Å². The topological polar surface area (TPSA) is 66.4 Å². The van der Waals surface area contributed by atoms with E-state index in [0.29, 0.717) is 6.42 Å². The number of unbranched alkanes of at least 4 members (excludes halogenated alkanes) is 3. The zero-order valence-electron chi connectivity index (χ0n) is 8.83. The molecule has 2 N–H and O–H groups in total. The maximum absolute atomic E-state index is 10.3. The van der Waals surface area contributed by atoms with Gasteiger partial charge < -0.3 is 5.32 Å². The van der Waals surface area contributed by atoms with Gasteiger partial charge in [-0.1, -0.05) is 19.8 Å². The highest BCUT2D eigenvalue weighted by atomic mass is 32.2. The van der Waals surface area contributed by atoms with Crippen molar-refractivity contribution >= 4 is 10.1 Å². The lowest BCUT2D eigenvalue weighted by Gasteiger charge is -2.02. The van der Waals surface area contributed by atoms with E-state index in [2.05, 4.69) is 12.2 Å². The lowest BCUT2D eigenvalue weighted by molar-refractivity contribution is 0.479. The van der Waals surface area contributed by atoms with Crippen LogP contribution in [0.5, 0.6) is 0 Å². The Morgan fingerprint density at radius 1 is 1.07 bits per heavy atom. The lowest BCUT2D eigenvalue weighted by Crippen LogP contribution is -2.16. The van der Waals surface area contributed by atoms with Gasteiger partial charge in [-0.2, -0.15) is 8.42 Å². The van der Waals surface area contributed by atoms with Crippen molar-refractivity contribution in [2.45, 2.75) is 39.0 Å². The molecule has 0 bridgehead atoms. The van der Waals surface area contributed by atoms with E-state index in [1.54, 1.807) is 0 Å². The van der Waals surface area contributed by atoms with Gasteiger partial charge in [0.05, 0.1) is 5.75 Å². The van der Waals surface area contributed by atoms with Crippen molar-refractivity contribution in [1.82, 2.24) is 5.32 Å². The Kier molecular flexibility index (Phi) is 8.12. The molecule has 0 aromatic carbocycles. The Morgan fingerprint density at radius 3 is 2.29 bits per heavy atom. The maximum Gasteiger partial charge on any atom is 0.264 e. The monoisotopic (exact) mass is 223 g/mol. The molecule has 0 atom stereocenters. The quantitative estimate of drug-likeness (QED) is 0.458. The van der Waals surface area contributed by atoms with Crippen molar-refractivity contribution in [3.05, 3.63) is 0 Å². The van der Waals surface area contributed by atoms with Crippen molar-refractivity contribution in [3.63, 3.8) is 0 Å². The first-order valence-electron chi connectivity index (χ1n) is 5.22. The third-order valence-corrected chi connectivity index (χ3v) is 2.77. The van der Waals surface area contributed by atoms with Crippen LogP contribution in [0, 0.1) is 0 Å². The second-order valence-corrected chi connectivity index (χ2v) is 5.02. The lowest BCUT2D eigenvalue weighted by atomic mass is 10.2. The third-order valence-electron chi connectivity index (χ3n) is 1.96. The minimum Gasteiger partial charge on any atom is -0.317 e. The predicted octanol–water partition coefficient (Wildman–Crippen LogP) is 1.43. The molecule has 0 radical (unpaired) electrons. The Labute approximate surface area is 86.8 Å². The summed E-state index contributed by atoms with van der Waals surface area (Å²) in [5.74, 6) is -0.109. The normalized spacial score (nSPS) is 11.9. The van der Waals surface area contributed by atoms with Crippen molar-refractivity contribution in [3.8, 4) is 0 Å². The van der Waals surface area contributed by atoms with Gasteiger partial charge in [0.25, 0.3) is 10.1 Å². The van der Waals surface area contributed by atoms with E-state index in [0.717, 1.165) is 25.9 Å². The van der Waals surface area contributed by atoms with Gasteiger partial charge in [-0.3, -0.25) is 4.55 Å². The van der Waals surface area contributed by atoms with Crippen LogP contribution in [-0.2, 0) is 10.1 Å². The Morgan fingerprint density at radius 2 is 1.71 bits per heavy atom. The molecule has 0 unspecified atom stereocenters. The Balaban J connectivity index is 3.07. The van der Waals surface area contributed by atoms with Gasteiger partial charge in [-0.05, 0) is 32.4 Å². The van der Waals surface area contributed by atoms with E-state index in [1.165, 1.54) is 12.8 Å². The molecule has 86 valence electrons. The zero-order chi connectivity index (χ0) is 10.9. The average Bonchev–Trinajstić information content (AvgIpc) is 2.08. The van der Waals surface area contributed by atoms with Gasteiger partial charge >= 0.3 is 0 Å². The van der Waals surface area contributed by atoms with E-state index in [1.807, 2.05) is 0 Å². The SMILES string of the molecule is CCCCNCCCCCS(=O)(=O)O. The van der Waals surface area contributed by atoms with Crippen molar-refractivity contribution in [2.75, 3.05) is 18.8 Å². The molecule has 0 amide bonds. The molecule has 0 aliphatic rings. The molecule has 0 rings (SSSR count). The fourth-order valence-corrected chi connectivity index (χ4v) is 1.71. The first-order chi connectivity index (χ1) is 6.56. The first-order valence-corrected chi connectivity index (χ1v) is 6.83. The third kappa shape index (κ3) is 11.9. The van der Waals surface area contributed by atoms with Crippen LogP contribution < -0.4 is 5.32 Å². The highest BCUT2D eigenvalue weighted by Crippen LogP contribution is 1.97. The zero-order valence-corrected chi connectivity index (χ0v) is 9.65. The van der Waals surface area contributed by atoms with Gasteiger partial charge in [-0.25, -0.2) is 0 Å². The molecule has 0 aromatic rings. The minimum absolute atomic E-state index is 0.109. The van der Waals surface area contributed by atoms with E-state index in [9.17, 15) is 8.42 Å². The van der Waals surface area contributed by atoms with Gasteiger partial charge in [0, 0.05) is 0 Å². The molecule has 0 fully saturated rings. The molecule has 5 heteroatoms. The van der Waals surface area contributed by atoms with E-state index in [-0.39, 0.29) is 5.75 Å². The Bertz CT molecular complexity index is 214. The van der Waals surface area contributed by atoms with Crippen LogP contribution >= 0.6 is 0 Å². The highest BCUT2D eigenvalue weighted by molar-refractivity contribution is 7.85. The van der Waals surface area contributed by atoms with Crippen LogP contribution in [0.15, 0.2) is 0 Å². The molecule has 0 aliphatic heterocycles. The summed E-state index contributed by atoms with van der Waals surface area (Å²) in [5, 5.41) is 3.27. The first kappa shape index (κ1) is 13.9. The van der Waals surface area contributed by atoms with Crippen LogP contribution in [-0.4, -0.2) is 31.8 Å². The van der Waals surface area contributed by atoms with Gasteiger partial charge in [0.1, 0.15) is 0 Å². The Hall–Kier alpha value is -0.130. The van der Waals surface area contributed by atoms with Crippen LogP contribution in [0.1, 0.15) is 39.0 Å². The maximum atomic E-state index is 10.3. The van der Waals surface area contributed by atoms with Crippen molar-refractivity contribution in [1.29, 1.82) is 0 Å². The summed E-state index contributed by atoms with van der Waals surface area (Å²) in [6.07, 6.45) is 4.74. The molecule has 4 nitrogen and oxygen atoms in total. The molecular weight excluding hydrogens is 202 g/mol. The summed E-state index contributed by atoms with van der Waals surface area (Å²) in [6.45, 7) is 4.12. The van der Waals surface area contributed by atoms with Gasteiger partial charge in [0.15, 0.2) is 0 Å². The van der Waals surface area contributed by atoms with Crippen LogP contribution in [0.2, 0.25) is 0 Å². The summed E-state index contributed by atoms with van der Waals surface area (Å²) in [6, 6.07) is 0. The van der Waals surface area contributed by atoms with Gasteiger partial charge in [-0.15, -0.1) is 0 Å². The fourth-order valence-electron chi connectivity index (χ4n) is 1.14. The van der Waals surface area contributed by atoms with E-state index < -0.39 is 10.1 Å². The second-order valence-electron chi connectivity index (χ2n) is 3.45. The summed E-state index contributed by atoms with van der Waals surface area (Å²) in [4.78, 5) is 0. The molecule has 14 heavy (non-hydrogen) atoms. The smallest absolute Gasteiger partial charge is 0.264 e. The second kappa shape index (κ2) is 8.20. The van der Waals surface area contributed by atoms with Crippen LogP contribution in [0.25, 0.3) is 0 Å². The minimum atomic E-state index is -3.75. The standard InChI is InChI=1S/C9H21NO3S/c1-2-3-7-10-8-5-4-6-9-14(11,12)13/h10H,2-9H2,1H3,(H,11,12,13). The molecule has 0 heterocycles. The number of nitrogens with one attached hydrogen (secondary N) is 1. The van der Waals surface area contributed by atoms with Crippen LogP contribution in [0.4, 0.5) is 0 Å². The summed E-state index contributed by atoms with van der Waals surface area (Å²) < 4.78 is 29.1. The van der Waals surface area contributed by atoms with Crippen LogP contribution in [0.3, 0.4) is 0 Å². The number of hydrogen-bond acceptors (Lipinski definition) is 3. The molecule has 0 aliphatic carbocycles. The molecule has 0 saturated carbocycles. The highest BCUT2D eigenvalue weighted by Gasteiger charge is 2.02. The summed E-state index contributed by atoms with van der Waals surface area (Å²) in [7, 11) is -3.75. The molecular formula is C9H21NO3S. The average molecular weight is 223 g/mol. The van der Waals surface area contributed by atoms with E-state index >= 15 is 0 Å². The van der Waals surface area contributed by atoms with Gasteiger partial charge in [0.2, 0.25) is 0 Å². The number of rotatable bonds is 9. The largest absolute Gasteiger partial charge is 0.317 e. The summed E-state index contributed by atoms with van der Waals surface area (Å²) >= 11 is 0. The number of hydrogen-bond donors (Lipinski definition) is 2. The molecule has 0 spiro atoms.